The lowest BCUT2D eigenvalue weighted by Crippen LogP contribution is -2.09. The standard InChI is InChI=1S/C11H10FIN2O2/c1-3-17-11(16)9-6(2)14-10-8(12)4-7(13)5-15(9)10/h4-5H,3H2,1-2H3. The molecule has 6 heteroatoms. The minimum atomic E-state index is -0.487. The topological polar surface area (TPSA) is 43.6 Å². The summed E-state index contributed by atoms with van der Waals surface area (Å²) in [6.45, 7) is 3.66. The van der Waals surface area contributed by atoms with E-state index in [1.54, 1.807) is 20.0 Å². The summed E-state index contributed by atoms with van der Waals surface area (Å²) >= 11 is 1.98. The van der Waals surface area contributed by atoms with Crippen molar-refractivity contribution >= 4 is 34.2 Å². The van der Waals surface area contributed by atoms with Crippen molar-refractivity contribution in [2.45, 2.75) is 13.8 Å². The number of pyridine rings is 1. The van der Waals surface area contributed by atoms with Crippen LogP contribution in [0.1, 0.15) is 23.1 Å². The van der Waals surface area contributed by atoms with Gasteiger partial charge >= 0.3 is 5.97 Å². The average molecular weight is 348 g/mol. The van der Waals surface area contributed by atoms with Gasteiger partial charge in [-0.15, -0.1) is 0 Å². The Bertz CT molecular complexity index is 595. The number of carbonyl (C=O) groups is 1. The quantitative estimate of drug-likeness (QED) is 0.619. The fourth-order valence-electron chi connectivity index (χ4n) is 1.63. The number of rotatable bonds is 2. The maximum absolute atomic E-state index is 13.6. The first kappa shape index (κ1) is 12.3. The van der Waals surface area contributed by atoms with Gasteiger partial charge in [0.05, 0.1) is 12.3 Å². The monoisotopic (exact) mass is 348 g/mol. The fraction of sp³-hybridized carbons (Fsp3) is 0.273. The summed E-state index contributed by atoms with van der Waals surface area (Å²) in [6.07, 6.45) is 1.66. The summed E-state index contributed by atoms with van der Waals surface area (Å²) in [5.74, 6) is -0.936. The fourth-order valence-corrected chi connectivity index (χ4v) is 2.18. The van der Waals surface area contributed by atoms with Crippen LogP contribution in [0.3, 0.4) is 0 Å². The van der Waals surface area contributed by atoms with Crippen LogP contribution in [0.5, 0.6) is 0 Å². The van der Waals surface area contributed by atoms with Gasteiger partial charge in [0, 0.05) is 9.77 Å². The van der Waals surface area contributed by atoms with Crippen LogP contribution in [0.2, 0.25) is 0 Å². The minimum Gasteiger partial charge on any atom is -0.461 e. The molecule has 0 atom stereocenters. The van der Waals surface area contributed by atoms with Crippen LogP contribution < -0.4 is 0 Å². The third-order valence-electron chi connectivity index (χ3n) is 2.28. The molecule has 0 aliphatic carbocycles. The highest BCUT2D eigenvalue weighted by Crippen LogP contribution is 2.18. The van der Waals surface area contributed by atoms with Crippen molar-refractivity contribution in [1.29, 1.82) is 0 Å². The number of esters is 1. The second kappa shape index (κ2) is 4.59. The van der Waals surface area contributed by atoms with Crippen LogP contribution in [-0.2, 0) is 4.74 Å². The number of aromatic nitrogens is 2. The van der Waals surface area contributed by atoms with Crippen molar-refractivity contribution in [3.63, 3.8) is 0 Å². The van der Waals surface area contributed by atoms with Gasteiger partial charge in [0.2, 0.25) is 0 Å². The summed E-state index contributed by atoms with van der Waals surface area (Å²) in [6, 6.07) is 1.37. The Hall–Kier alpha value is -1.18. The molecule has 0 amide bonds. The molecule has 2 aromatic heterocycles. The molecule has 0 saturated heterocycles. The zero-order valence-corrected chi connectivity index (χ0v) is 11.5. The first-order chi connectivity index (χ1) is 8.04. The smallest absolute Gasteiger partial charge is 0.357 e. The van der Waals surface area contributed by atoms with E-state index < -0.39 is 11.8 Å². The van der Waals surface area contributed by atoms with Crippen molar-refractivity contribution in [3.8, 4) is 0 Å². The van der Waals surface area contributed by atoms with Crippen LogP contribution in [0.15, 0.2) is 12.3 Å². The minimum absolute atomic E-state index is 0.144. The zero-order chi connectivity index (χ0) is 12.6. The van der Waals surface area contributed by atoms with Crippen molar-refractivity contribution in [2.75, 3.05) is 6.61 Å². The average Bonchev–Trinajstić information content (AvgIpc) is 2.55. The molecule has 4 nitrogen and oxygen atoms in total. The van der Waals surface area contributed by atoms with Crippen LogP contribution in [0.4, 0.5) is 4.39 Å². The van der Waals surface area contributed by atoms with E-state index in [1.165, 1.54) is 10.5 Å². The molecular formula is C11H10FIN2O2. The van der Waals surface area contributed by atoms with Crippen molar-refractivity contribution in [1.82, 2.24) is 9.38 Å². The van der Waals surface area contributed by atoms with E-state index in [4.69, 9.17) is 4.74 Å². The Labute approximate surface area is 111 Å². The number of hydrogen-bond acceptors (Lipinski definition) is 3. The number of imidazole rings is 1. The predicted octanol–water partition coefficient (Wildman–Crippen LogP) is 2.56. The molecule has 0 spiro atoms. The van der Waals surface area contributed by atoms with Gasteiger partial charge in [-0.3, -0.25) is 4.40 Å². The first-order valence-corrected chi connectivity index (χ1v) is 6.13. The summed E-state index contributed by atoms with van der Waals surface area (Å²) in [7, 11) is 0. The molecule has 0 radical (unpaired) electrons. The van der Waals surface area contributed by atoms with Gasteiger partial charge in [0.15, 0.2) is 17.2 Å². The Morgan fingerprint density at radius 2 is 2.35 bits per heavy atom. The van der Waals surface area contributed by atoms with Gasteiger partial charge in [-0.1, -0.05) is 0 Å². The summed E-state index contributed by atoms with van der Waals surface area (Å²) in [5, 5.41) is 0. The van der Waals surface area contributed by atoms with Crippen LogP contribution in [-0.4, -0.2) is 22.0 Å². The van der Waals surface area contributed by atoms with Crippen molar-refractivity contribution in [2.24, 2.45) is 0 Å². The molecule has 2 heterocycles. The van der Waals surface area contributed by atoms with Crippen LogP contribution in [0, 0.1) is 16.3 Å². The maximum Gasteiger partial charge on any atom is 0.357 e. The highest BCUT2D eigenvalue weighted by Gasteiger charge is 2.19. The maximum atomic E-state index is 13.6. The first-order valence-electron chi connectivity index (χ1n) is 5.05. The van der Waals surface area contributed by atoms with Crippen LogP contribution in [0.25, 0.3) is 5.65 Å². The van der Waals surface area contributed by atoms with E-state index in [0.29, 0.717) is 9.26 Å². The van der Waals surface area contributed by atoms with E-state index in [0.717, 1.165) is 0 Å². The Morgan fingerprint density at radius 3 is 3.00 bits per heavy atom. The van der Waals surface area contributed by atoms with E-state index in [9.17, 15) is 9.18 Å². The number of halogens is 2. The van der Waals surface area contributed by atoms with Crippen molar-refractivity contribution in [3.05, 3.63) is 33.0 Å². The molecule has 0 aromatic carbocycles. The molecule has 0 bridgehead atoms. The van der Waals surface area contributed by atoms with E-state index in [1.807, 2.05) is 22.6 Å². The summed E-state index contributed by atoms with van der Waals surface area (Å²) in [5.41, 5.74) is 0.884. The number of fused-ring (bicyclic) bond motifs is 1. The number of nitrogens with zero attached hydrogens (tertiary/aromatic N) is 2. The van der Waals surface area contributed by atoms with Crippen molar-refractivity contribution < 1.29 is 13.9 Å². The van der Waals surface area contributed by atoms with Gasteiger partial charge in [-0.2, -0.15) is 0 Å². The second-order valence-corrected chi connectivity index (χ2v) is 4.71. The second-order valence-electron chi connectivity index (χ2n) is 3.47. The molecule has 0 saturated carbocycles. The summed E-state index contributed by atoms with van der Waals surface area (Å²) < 4.78 is 20.7. The Morgan fingerprint density at radius 1 is 1.65 bits per heavy atom. The molecule has 0 aliphatic rings. The summed E-state index contributed by atoms with van der Waals surface area (Å²) in [4.78, 5) is 15.8. The highest BCUT2D eigenvalue weighted by molar-refractivity contribution is 14.1. The molecule has 0 fully saturated rings. The number of ether oxygens (including phenoxy) is 1. The van der Waals surface area contributed by atoms with Gasteiger partial charge in [-0.05, 0) is 42.5 Å². The third kappa shape index (κ3) is 2.13. The normalized spacial score (nSPS) is 10.8. The Kier molecular flexibility index (Phi) is 3.32. The number of hydrogen-bond donors (Lipinski definition) is 0. The van der Waals surface area contributed by atoms with E-state index >= 15 is 0 Å². The largest absolute Gasteiger partial charge is 0.461 e. The number of aryl methyl sites for hydroxylation is 1. The predicted molar refractivity (Wildman–Crippen MR) is 68.6 cm³/mol. The lowest BCUT2D eigenvalue weighted by Gasteiger charge is -2.03. The molecule has 0 N–H and O–H groups in total. The molecular weight excluding hydrogens is 338 g/mol. The van der Waals surface area contributed by atoms with E-state index in [-0.39, 0.29) is 17.9 Å². The highest BCUT2D eigenvalue weighted by atomic mass is 127. The van der Waals surface area contributed by atoms with Gasteiger partial charge < -0.3 is 4.74 Å². The van der Waals surface area contributed by atoms with Gasteiger partial charge in [0.1, 0.15) is 0 Å². The Balaban J connectivity index is 2.70. The SMILES string of the molecule is CCOC(=O)c1c(C)nc2c(F)cc(I)cn12. The lowest BCUT2D eigenvalue weighted by molar-refractivity contribution is 0.0517. The van der Waals surface area contributed by atoms with Gasteiger partial charge in [0.25, 0.3) is 0 Å². The molecule has 0 unspecified atom stereocenters. The van der Waals surface area contributed by atoms with Crippen LogP contribution >= 0.6 is 22.6 Å². The zero-order valence-electron chi connectivity index (χ0n) is 9.33. The molecule has 90 valence electrons. The molecule has 2 aromatic rings. The van der Waals surface area contributed by atoms with E-state index in [2.05, 4.69) is 4.98 Å². The van der Waals surface area contributed by atoms with Gasteiger partial charge in [-0.25, -0.2) is 14.2 Å². The third-order valence-corrected chi connectivity index (χ3v) is 2.87. The molecule has 0 aliphatic heterocycles. The lowest BCUT2D eigenvalue weighted by atomic mass is 10.3. The molecule has 17 heavy (non-hydrogen) atoms. The molecule has 2 rings (SSSR count). The number of carbonyl (C=O) groups excluding carboxylic acids is 1.